The van der Waals surface area contributed by atoms with Crippen LogP contribution >= 0.6 is 0 Å². The van der Waals surface area contributed by atoms with Gasteiger partial charge < -0.3 is 20.5 Å². The fraction of sp³-hybridized carbons (Fsp3) is 0.909. The van der Waals surface area contributed by atoms with E-state index in [4.69, 9.17) is 15.2 Å². The summed E-state index contributed by atoms with van der Waals surface area (Å²) in [4.78, 5) is 11.6. The molecule has 1 rings (SSSR count). The quantitative estimate of drug-likeness (QED) is 0.705. The highest BCUT2D eigenvalue weighted by Gasteiger charge is 2.24. The highest BCUT2D eigenvalue weighted by atomic mass is 16.6. The van der Waals surface area contributed by atoms with E-state index in [0.717, 1.165) is 12.8 Å². The molecule has 0 aromatic carbocycles. The highest BCUT2D eigenvalue weighted by molar-refractivity contribution is 5.68. The van der Waals surface area contributed by atoms with E-state index in [1.54, 1.807) is 0 Å². The van der Waals surface area contributed by atoms with Gasteiger partial charge in [-0.3, -0.25) is 0 Å². The number of hydrogen-bond donors (Lipinski definition) is 2. The van der Waals surface area contributed by atoms with Crippen molar-refractivity contribution in [1.82, 2.24) is 5.32 Å². The third-order valence-electron chi connectivity index (χ3n) is 2.39. The van der Waals surface area contributed by atoms with Gasteiger partial charge in [-0.15, -0.1) is 0 Å². The van der Waals surface area contributed by atoms with Crippen LogP contribution < -0.4 is 11.1 Å². The fourth-order valence-corrected chi connectivity index (χ4v) is 1.59. The normalized spacial score (nSPS) is 27.0. The van der Waals surface area contributed by atoms with Crippen molar-refractivity contribution in [2.75, 3.05) is 13.2 Å². The summed E-state index contributed by atoms with van der Waals surface area (Å²) in [5.74, 6) is 0. The van der Waals surface area contributed by atoms with Crippen LogP contribution in [0.2, 0.25) is 0 Å². The Morgan fingerprint density at radius 3 is 2.62 bits per heavy atom. The minimum atomic E-state index is -0.477. The van der Waals surface area contributed by atoms with Gasteiger partial charge in [0.2, 0.25) is 0 Å². The molecule has 0 unspecified atom stereocenters. The zero-order valence-corrected chi connectivity index (χ0v) is 10.3. The second kappa shape index (κ2) is 5.50. The van der Waals surface area contributed by atoms with Crippen LogP contribution in [0.15, 0.2) is 0 Å². The van der Waals surface area contributed by atoms with Gasteiger partial charge in [-0.05, 0) is 33.6 Å². The Bertz CT molecular complexity index is 238. The summed E-state index contributed by atoms with van der Waals surface area (Å²) < 4.78 is 10.5. The number of ether oxygens (including phenoxy) is 2. The van der Waals surface area contributed by atoms with E-state index in [0.29, 0.717) is 13.2 Å². The summed E-state index contributed by atoms with van der Waals surface area (Å²) in [5, 5.41) is 2.80. The van der Waals surface area contributed by atoms with Gasteiger partial charge in [-0.1, -0.05) is 0 Å². The number of hydrogen-bond acceptors (Lipinski definition) is 4. The van der Waals surface area contributed by atoms with Crippen molar-refractivity contribution in [2.24, 2.45) is 5.73 Å². The molecule has 16 heavy (non-hydrogen) atoms. The van der Waals surface area contributed by atoms with Crippen molar-refractivity contribution in [3.63, 3.8) is 0 Å². The molecule has 1 fully saturated rings. The largest absolute Gasteiger partial charge is 0.444 e. The highest BCUT2D eigenvalue weighted by Crippen LogP contribution is 2.10. The van der Waals surface area contributed by atoms with Gasteiger partial charge in [0.15, 0.2) is 0 Å². The van der Waals surface area contributed by atoms with E-state index in [2.05, 4.69) is 5.32 Å². The molecule has 0 bridgehead atoms. The zero-order valence-electron chi connectivity index (χ0n) is 10.3. The lowest BCUT2D eigenvalue weighted by atomic mass is 10.0. The van der Waals surface area contributed by atoms with Crippen LogP contribution in [-0.4, -0.2) is 37.0 Å². The Morgan fingerprint density at radius 1 is 1.38 bits per heavy atom. The molecule has 0 aromatic heterocycles. The van der Waals surface area contributed by atoms with E-state index in [-0.39, 0.29) is 12.1 Å². The zero-order chi connectivity index (χ0) is 12.2. The summed E-state index contributed by atoms with van der Waals surface area (Å²) in [6.07, 6.45) is 1.09. The molecule has 0 aromatic rings. The lowest BCUT2D eigenvalue weighted by Gasteiger charge is -2.25. The molecule has 3 N–H and O–H groups in total. The summed E-state index contributed by atoms with van der Waals surface area (Å²) in [6.45, 7) is 6.80. The first-order valence-electron chi connectivity index (χ1n) is 5.71. The average molecular weight is 230 g/mol. The summed E-state index contributed by atoms with van der Waals surface area (Å²) in [7, 11) is 0. The molecule has 1 aliphatic heterocycles. The van der Waals surface area contributed by atoms with Gasteiger partial charge in [0.05, 0.1) is 0 Å². The summed E-state index contributed by atoms with van der Waals surface area (Å²) >= 11 is 0. The minimum Gasteiger partial charge on any atom is -0.444 e. The Morgan fingerprint density at radius 2 is 2.00 bits per heavy atom. The van der Waals surface area contributed by atoms with E-state index >= 15 is 0 Å². The van der Waals surface area contributed by atoms with Crippen LogP contribution in [-0.2, 0) is 9.47 Å². The minimum absolute atomic E-state index is 0.0580. The lowest BCUT2D eigenvalue weighted by Crippen LogP contribution is -2.48. The van der Waals surface area contributed by atoms with Crippen molar-refractivity contribution in [3.05, 3.63) is 0 Å². The molecule has 1 heterocycles. The second-order valence-electron chi connectivity index (χ2n) is 5.11. The van der Waals surface area contributed by atoms with Gasteiger partial charge in [0, 0.05) is 25.3 Å². The maximum absolute atomic E-state index is 11.6. The predicted molar refractivity (Wildman–Crippen MR) is 61.2 cm³/mol. The Labute approximate surface area is 96.7 Å². The smallest absolute Gasteiger partial charge is 0.407 e. The van der Waals surface area contributed by atoms with Crippen LogP contribution in [0.1, 0.15) is 33.6 Å². The molecule has 1 amide bonds. The molecule has 0 saturated carbocycles. The third-order valence-corrected chi connectivity index (χ3v) is 2.39. The van der Waals surface area contributed by atoms with E-state index in [1.165, 1.54) is 0 Å². The molecule has 5 nitrogen and oxygen atoms in total. The number of carbonyl (C=O) groups excluding carboxylic acids is 1. The molecule has 2 atom stereocenters. The Kier molecular flexibility index (Phi) is 4.56. The van der Waals surface area contributed by atoms with E-state index in [1.807, 2.05) is 20.8 Å². The van der Waals surface area contributed by atoms with Crippen LogP contribution in [0.3, 0.4) is 0 Å². The van der Waals surface area contributed by atoms with Crippen LogP contribution in [0.25, 0.3) is 0 Å². The van der Waals surface area contributed by atoms with Gasteiger partial charge in [0.1, 0.15) is 5.60 Å². The second-order valence-corrected chi connectivity index (χ2v) is 5.11. The van der Waals surface area contributed by atoms with Crippen molar-refractivity contribution in [3.8, 4) is 0 Å². The fourth-order valence-electron chi connectivity index (χ4n) is 1.59. The van der Waals surface area contributed by atoms with Crippen molar-refractivity contribution < 1.29 is 14.3 Å². The van der Waals surface area contributed by atoms with Gasteiger partial charge >= 0.3 is 6.09 Å². The Balaban J connectivity index is 2.42. The number of carbonyl (C=O) groups is 1. The topological polar surface area (TPSA) is 73.6 Å². The Hall–Kier alpha value is -0.810. The molecular weight excluding hydrogens is 208 g/mol. The van der Waals surface area contributed by atoms with Gasteiger partial charge in [-0.25, -0.2) is 4.79 Å². The van der Waals surface area contributed by atoms with Crippen LogP contribution in [0.4, 0.5) is 4.79 Å². The first-order valence-corrected chi connectivity index (χ1v) is 5.71. The average Bonchev–Trinajstić information content (AvgIpc) is 2.29. The van der Waals surface area contributed by atoms with Crippen molar-refractivity contribution >= 4 is 6.09 Å². The van der Waals surface area contributed by atoms with Gasteiger partial charge in [-0.2, -0.15) is 0 Å². The molecule has 94 valence electrons. The molecule has 5 heteroatoms. The number of rotatable bonds is 1. The maximum Gasteiger partial charge on any atom is 0.407 e. The molecular formula is C11H22N2O3. The first kappa shape index (κ1) is 13.3. The number of nitrogens with two attached hydrogens (primary N) is 1. The molecule has 1 aliphatic rings. The van der Waals surface area contributed by atoms with Gasteiger partial charge in [0.25, 0.3) is 0 Å². The third kappa shape index (κ3) is 4.81. The molecule has 0 radical (unpaired) electrons. The van der Waals surface area contributed by atoms with Crippen molar-refractivity contribution in [1.29, 1.82) is 0 Å². The summed E-state index contributed by atoms with van der Waals surface area (Å²) in [5.41, 5.74) is 5.46. The summed E-state index contributed by atoms with van der Waals surface area (Å²) in [6, 6.07) is -0.118. The predicted octanol–water partition coefficient (Wildman–Crippen LogP) is 1.02. The lowest BCUT2D eigenvalue weighted by molar-refractivity contribution is 0.0492. The van der Waals surface area contributed by atoms with Crippen molar-refractivity contribution in [2.45, 2.75) is 51.3 Å². The SMILES string of the molecule is CC(C)(C)OC(=O)N[C@@H]1CCOCC[C@H]1N. The number of alkyl carbamates (subject to hydrolysis) is 1. The molecule has 0 aliphatic carbocycles. The van der Waals surface area contributed by atoms with E-state index in [9.17, 15) is 4.79 Å². The van der Waals surface area contributed by atoms with Crippen LogP contribution in [0, 0.1) is 0 Å². The molecule has 1 saturated heterocycles. The number of amides is 1. The standard InChI is InChI=1S/C11H22N2O3/c1-11(2,3)16-10(14)13-9-5-7-15-6-4-8(9)12/h8-9H,4-7,12H2,1-3H3,(H,13,14)/t8-,9-/m1/s1. The van der Waals surface area contributed by atoms with Crippen LogP contribution in [0.5, 0.6) is 0 Å². The monoisotopic (exact) mass is 230 g/mol. The van der Waals surface area contributed by atoms with E-state index < -0.39 is 11.7 Å². The first-order chi connectivity index (χ1) is 7.38. The molecule has 0 spiro atoms. The maximum atomic E-state index is 11.6. The number of nitrogens with one attached hydrogen (secondary N) is 1.